The van der Waals surface area contributed by atoms with Crippen LogP contribution in [-0.4, -0.2) is 49.6 Å². The van der Waals surface area contributed by atoms with Crippen LogP contribution in [0.4, 0.5) is 4.39 Å². The van der Waals surface area contributed by atoms with Crippen LogP contribution in [0.2, 0.25) is 5.02 Å². The number of pyridine rings is 1. The maximum atomic E-state index is 13.3. The van der Waals surface area contributed by atoms with Crippen molar-refractivity contribution in [1.29, 1.82) is 0 Å². The number of rotatable bonds is 2. The molecule has 4 heterocycles. The minimum atomic E-state index is -0.819. The third-order valence-electron chi connectivity index (χ3n) is 4.35. The zero-order chi connectivity index (χ0) is 17.4. The monoisotopic (exact) mass is 359 g/mol. The van der Waals surface area contributed by atoms with Crippen LogP contribution >= 0.6 is 11.6 Å². The van der Waals surface area contributed by atoms with Crippen LogP contribution in [0.15, 0.2) is 37.1 Å². The molecule has 128 valence electrons. The number of hydrogen-bond donors (Lipinski definition) is 0. The Balaban J connectivity index is 1.69. The maximum absolute atomic E-state index is 13.3. The molecule has 25 heavy (non-hydrogen) atoms. The number of carbonyl (C=O) groups excluding carboxylic acids is 1. The molecular formula is C17H15ClFN5O. The normalized spacial score (nSPS) is 15.7. The Morgan fingerprint density at radius 2 is 2.00 bits per heavy atom. The number of carbonyl (C=O) groups is 1. The van der Waals surface area contributed by atoms with Crippen LogP contribution in [0, 0.1) is 0 Å². The van der Waals surface area contributed by atoms with E-state index in [-0.39, 0.29) is 5.91 Å². The number of nitrogens with zero attached hydrogens (tertiary/aromatic N) is 5. The van der Waals surface area contributed by atoms with Crippen molar-refractivity contribution in [3.63, 3.8) is 0 Å². The SMILES string of the molecule is O=C(c1cnc2c(c1)c(Cl)cn2-c1cnccn1)N1CCC(F)CC1. The molecule has 0 N–H and O–H groups in total. The zero-order valence-electron chi connectivity index (χ0n) is 13.3. The van der Waals surface area contributed by atoms with Gasteiger partial charge >= 0.3 is 0 Å². The summed E-state index contributed by atoms with van der Waals surface area (Å²) in [4.78, 5) is 27.0. The smallest absolute Gasteiger partial charge is 0.255 e. The molecule has 0 radical (unpaired) electrons. The lowest BCUT2D eigenvalue weighted by atomic mass is 10.1. The third-order valence-corrected chi connectivity index (χ3v) is 4.65. The molecule has 6 nitrogen and oxygen atoms in total. The fraction of sp³-hybridized carbons (Fsp3) is 0.294. The number of halogens is 2. The maximum Gasteiger partial charge on any atom is 0.255 e. The second-order valence-electron chi connectivity index (χ2n) is 5.97. The van der Waals surface area contributed by atoms with Crippen LogP contribution < -0.4 is 0 Å². The average molecular weight is 360 g/mol. The molecule has 0 unspecified atom stereocenters. The minimum Gasteiger partial charge on any atom is -0.338 e. The van der Waals surface area contributed by atoms with E-state index in [0.29, 0.717) is 53.4 Å². The van der Waals surface area contributed by atoms with Crippen molar-refractivity contribution in [3.8, 4) is 5.82 Å². The van der Waals surface area contributed by atoms with Crippen LogP contribution in [0.1, 0.15) is 23.2 Å². The molecule has 0 spiro atoms. The first-order chi connectivity index (χ1) is 12.1. The number of likely N-dealkylation sites (tertiary alicyclic amines) is 1. The van der Waals surface area contributed by atoms with Crippen molar-refractivity contribution in [3.05, 3.63) is 47.6 Å². The van der Waals surface area contributed by atoms with Crippen molar-refractivity contribution in [2.45, 2.75) is 19.0 Å². The molecule has 0 saturated carbocycles. The quantitative estimate of drug-likeness (QED) is 0.705. The second-order valence-corrected chi connectivity index (χ2v) is 6.38. The molecule has 1 amide bonds. The Bertz CT molecular complexity index is 921. The molecule has 1 fully saturated rings. The van der Waals surface area contributed by atoms with Gasteiger partial charge in [0.1, 0.15) is 11.8 Å². The van der Waals surface area contributed by atoms with E-state index in [0.717, 1.165) is 0 Å². The lowest BCUT2D eigenvalue weighted by Gasteiger charge is -2.28. The molecular weight excluding hydrogens is 345 g/mol. The van der Waals surface area contributed by atoms with Crippen molar-refractivity contribution < 1.29 is 9.18 Å². The Hall–Kier alpha value is -2.54. The van der Waals surface area contributed by atoms with Crippen molar-refractivity contribution in [2.24, 2.45) is 0 Å². The van der Waals surface area contributed by atoms with Gasteiger partial charge in [-0.1, -0.05) is 11.6 Å². The van der Waals surface area contributed by atoms with Gasteiger partial charge in [-0.3, -0.25) is 14.3 Å². The van der Waals surface area contributed by atoms with Gasteiger partial charge in [0.25, 0.3) is 5.91 Å². The van der Waals surface area contributed by atoms with Crippen LogP contribution in [-0.2, 0) is 0 Å². The van der Waals surface area contributed by atoms with Crippen molar-refractivity contribution in [1.82, 2.24) is 24.4 Å². The highest BCUT2D eigenvalue weighted by Crippen LogP contribution is 2.27. The molecule has 8 heteroatoms. The van der Waals surface area contributed by atoms with E-state index in [1.807, 2.05) is 0 Å². The van der Waals surface area contributed by atoms with Crippen LogP contribution in [0.3, 0.4) is 0 Å². The minimum absolute atomic E-state index is 0.149. The van der Waals surface area contributed by atoms with Gasteiger partial charge in [0.05, 0.1) is 16.8 Å². The fourth-order valence-electron chi connectivity index (χ4n) is 3.01. The van der Waals surface area contributed by atoms with Gasteiger partial charge in [0.15, 0.2) is 5.82 Å². The molecule has 3 aromatic heterocycles. The fourth-order valence-corrected chi connectivity index (χ4v) is 3.25. The summed E-state index contributed by atoms with van der Waals surface area (Å²) in [5.41, 5.74) is 1.05. The standard InChI is InChI=1S/C17H15ClFN5O/c18-14-10-24(15-9-20-3-4-21-15)16-13(14)7-11(8-22-16)17(25)23-5-1-12(19)2-6-23/h3-4,7-10,12H,1-2,5-6H2. The lowest BCUT2D eigenvalue weighted by molar-refractivity contribution is 0.0667. The third kappa shape index (κ3) is 2.95. The number of alkyl halides is 1. The number of fused-ring (bicyclic) bond motifs is 1. The van der Waals surface area contributed by atoms with Gasteiger partial charge in [-0.15, -0.1) is 0 Å². The number of hydrogen-bond acceptors (Lipinski definition) is 4. The largest absolute Gasteiger partial charge is 0.338 e. The average Bonchev–Trinajstić information content (AvgIpc) is 2.99. The predicted octanol–water partition coefficient (Wildman–Crippen LogP) is 3.04. The highest BCUT2D eigenvalue weighted by molar-refractivity contribution is 6.35. The summed E-state index contributed by atoms with van der Waals surface area (Å²) in [5, 5.41) is 1.14. The lowest BCUT2D eigenvalue weighted by Crippen LogP contribution is -2.39. The highest BCUT2D eigenvalue weighted by Gasteiger charge is 2.24. The van der Waals surface area contributed by atoms with Crippen LogP contribution in [0.25, 0.3) is 16.9 Å². The van der Waals surface area contributed by atoms with E-state index < -0.39 is 6.17 Å². The summed E-state index contributed by atoms with van der Waals surface area (Å²) in [6, 6.07) is 1.72. The Labute approximate surface area is 148 Å². The first-order valence-electron chi connectivity index (χ1n) is 8.00. The van der Waals surface area contributed by atoms with E-state index in [1.165, 1.54) is 6.20 Å². The topological polar surface area (TPSA) is 63.9 Å². The van der Waals surface area contributed by atoms with Gasteiger partial charge in [-0.25, -0.2) is 14.4 Å². The van der Waals surface area contributed by atoms with Gasteiger partial charge in [-0.2, -0.15) is 0 Å². The Morgan fingerprint density at radius 3 is 2.72 bits per heavy atom. The molecule has 4 rings (SSSR count). The molecule has 0 bridgehead atoms. The summed E-state index contributed by atoms with van der Waals surface area (Å²) in [6.07, 6.45) is 7.94. The number of aromatic nitrogens is 4. The van der Waals surface area contributed by atoms with E-state index in [1.54, 1.807) is 40.3 Å². The first kappa shape index (κ1) is 16.0. The summed E-state index contributed by atoms with van der Waals surface area (Å²) in [6.45, 7) is 0.846. The van der Waals surface area contributed by atoms with Crippen molar-refractivity contribution >= 4 is 28.5 Å². The molecule has 0 aromatic carbocycles. The molecule has 3 aromatic rings. The van der Waals surface area contributed by atoms with E-state index in [4.69, 9.17) is 11.6 Å². The summed E-state index contributed by atoms with van der Waals surface area (Å²) in [5.74, 6) is 0.445. The summed E-state index contributed by atoms with van der Waals surface area (Å²) in [7, 11) is 0. The van der Waals surface area contributed by atoms with Crippen LogP contribution in [0.5, 0.6) is 0 Å². The first-order valence-corrected chi connectivity index (χ1v) is 8.37. The second kappa shape index (κ2) is 6.40. The Kier molecular flexibility index (Phi) is 4.09. The summed E-state index contributed by atoms with van der Waals surface area (Å²) < 4.78 is 15.0. The molecule has 0 atom stereocenters. The van der Waals surface area contributed by atoms with E-state index in [2.05, 4.69) is 15.0 Å². The molecule has 0 aliphatic carbocycles. The van der Waals surface area contributed by atoms with E-state index >= 15 is 0 Å². The van der Waals surface area contributed by atoms with Gasteiger partial charge in [0, 0.05) is 43.3 Å². The van der Waals surface area contributed by atoms with Gasteiger partial charge in [-0.05, 0) is 18.9 Å². The predicted molar refractivity (Wildman–Crippen MR) is 91.7 cm³/mol. The summed E-state index contributed by atoms with van der Waals surface area (Å²) >= 11 is 6.33. The Morgan fingerprint density at radius 1 is 1.20 bits per heavy atom. The van der Waals surface area contributed by atoms with E-state index in [9.17, 15) is 9.18 Å². The molecule has 1 aliphatic rings. The number of piperidine rings is 1. The zero-order valence-corrected chi connectivity index (χ0v) is 14.0. The van der Waals surface area contributed by atoms with Gasteiger partial charge < -0.3 is 4.90 Å². The highest BCUT2D eigenvalue weighted by atomic mass is 35.5. The molecule has 1 saturated heterocycles. The number of amides is 1. The molecule has 1 aliphatic heterocycles. The van der Waals surface area contributed by atoms with Gasteiger partial charge in [0.2, 0.25) is 0 Å². The van der Waals surface area contributed by atoms with Crippen molar-refractivity contribution in [2.75, 3.05) is 13.1 Å².